The maximum Gasteiger partial charge on any atom is 0.319 e. The van der Waals surface area contributed by atoms with Gasteiger partial charge in [-0.15, -0.1) is 0 Å². The van der Waals surface area contributed by atoms with E-state index < -0.39 is 11.8 Å². The van der Waals surface area contributed by atoms with Crippen molar-refractivity contribution in [1.29, 1.82) is 0 Å². The summed E-state index contributed by atoms with van der Waals surface area (Å²) in [5.74, 6) is -0.463. The fourth-order valence-electron chi connectivity index (χ4n) is 1.84. The largest absolute Gasteiger partial charge is 0.394 e. The monoisotopic (exact) mass is 292 g/mol. The number of hydrogen-bond acceptors (Lipinski definition) is 3. The molecule has 0 fully saturated rings. The highest BCUT2D eigenvalue weighted by Crippen LogP contribution is 2.20. The third-order valence-electron chi connectivity index (χ3n) is 3.01. The van der Waals surface area contributed by atoms with Crippen LogP contribution in [-0.4, -0.2) is 33.6 Å². The molecule has 0 aliphatic rings. The van der Waals surface area contributed by atoms with Gasteiger partial charge in [-0.3, -0.25) is 0 Å². The number of halogens is 1. The second-order valence-corrected chi connectivity index (χ2v) is 4.50. The van der Waals surface area contributed by atoms with Gasteiger partial charge in [-0.25, -0.2) is 13.9 Å². The molecule has 21 heavy (non-hydrogen) atoms. The Morgan fingerprint density at radius 3 is 2.95 bits per heavy atom. The van der Waals surface area contributed by atoms with Crippen molar-refractivity contribution in [3.8, 4) is 5.69 Å². The summed E-state index contributed by atoms with van der Waals surface area (Å²) in [5, 5.41) is 18.3. The van der Waals surface area contributed by atoms with Gasteiger partial charge in [0.2, 0.25) is 0 Å². The van der Waals surface area contributed by atoms with E-state index in [0.717, 1.165) is 0 Å². The third-order valence-corrected chi connectivity index (χ3v) is 3.01. The van der Waals surface area contributed by atoms with E-state index in [1.807, 2.05) is 6.92 Å². The maximum atomic E-state index is 13.4. The Kier molecular flexibility index (Phi) is 4.89. The zero-order valence-corrected chi connectivity index (χ0v) is 11.6. The lowest BCUT2D eigenvalue weighted by Crippen LogP contribution is -2.39. The van der Waals surface area contributed by atoms with Crippen LogP contribution in [-0.2, 0) is 0 Å². The maximum absolute atomic E-state index is 13.4. The van der Waals surface area contributed by atoms with Crippen molar-refractivity contribution in [3.05, 3.63) is 42.5 Å². The van der Waals surface area contributed by atoms with Gasteiger partial charge in [-0.2, -0.15) is 5.10 Å². The van der Waals surface area contributed by atoms with E-state index in [2.05, 4.69) is 15.7 Å². The van der Waals surface area contributed by atoms with Crippen molar-refractivity contribution < 1.29 is 14.3 Å². The van der Waals surface area contributed by atoms with Crippen LogP contribution in [0.15, 0.2) is 36.7 Å². The van der Waals surface area contributed by atoms with Gasteiger partial charge in [-0.05, 0) is 30.7 Å². The lowest BCUT2D eigenvalue weighted by atomic mass is 10.2. The molecule has 0 radical (unpaired) electrons. The standard InChI is InChI=1S/C14H17FN4O2/c1-2-11(9-20)17-14(21)18-12-8-10(15)4-5-13(12)19-7-3-6-16-19/h3-8,11,20H,2,9H2,1H3,(H2,17,18,21). The Morgan fingerprint density at radius 2 is 2.33 bits per heavy atom. The summed E-state index contributed by atoms with van der Waals surface area (Å²) in [4.78, 5) is 11.9. The Labute approximate surface area is 121 Å². The van der Waals surface area contributed by atoms with Crippen molar-refractivity contribution >= 4 is 11.7 Å². The van der Waals surface area contributed by atoms with Crippen LogP contribution in [0.25, 0.3) is 5.69 Å². The average molecular weight is 292 g/mol. The normalized spacial score (nSPS) is 12.0. The second kappa shape index (κ2) is 6.85. The fraction of sp³-hybridized carbons (Fsp3) is 0.286. The summed E-state index contributed by atoms with van der Waals surface area (Å²) in [6.07, 6.45) is 3.88. The first-order valence-electron chi connectivity index (χ1n) is 6.62. The number of nitrogens with zero attached hydrogens (tertiary/aromatic N) is 2. The van der Waals surface area contributed by atoms with E-state index in [0.29, 0.717) is 17.8 Å². The van der Waals surface area contributed by atoms with Gasteiger partial charge < -0.3 is 15.7 Å². The summed E-state index contributed by atoms with van der Waals surface area (Å²) in [6, 6.07) is 4.92. The van der Waals surface area contributed by atoms with Crippen molar-refractivity contribution in [3.63, 3.8) is 0 Å². The highest BCUT2D eigenvalue weighted by atomic mass is 19.1. The molecule has 0 bridgehead atoms. The Balaban J connectivity index is 2.19. The van der Waals surface area contributed by atoms with Crippen molar-refractivity contribution in [2.75, 3.05) is 11.9 Å². The molecule has 3 N–H and O–H groups in total. The lowest BCUT2D eigenvalue weighted by molar-refractivity contribution is 0.222. The molecule has 0 aliphatic carbocycles. The summed E-state index contributed by atoms with van der Waals surface area (Å²) in [6.45, 7) is 1.69. The predicted octanol–water partition coefficient (Wildman–Crippen LogP) is 1.90. The summed E-state index contributed by atoms with van der Waals surface area (Å²) in [7, 11) is 0. The minimum Gasteiger partial charge on any atom is -0.394 e. The molecule has 1 heterocycles. The van der Waals surface area contributed by atoms with Crippen LogP contribution in [0.3, 0.4) is 0 Å². The zero-order valence-electron chi connectivity index (χ0n) is 11.6. The Bertz CT molecular complexity index is 597. The minimum atomic E-state index is -0.505. The highest BCUT2D eigenvalue weighted by Gasteiger charge is 2.13. The number of rotatable bonds is 5. The number of benzene rings is 1. The molecule has 2 amide bonds. The number of urea groups is 1. The number of hydrogen-bond donors (Lipinski definition) is 3. The molecule has 1 aromatic carbocycles. The first-order valence-corrected chi connectivity index (χ1v) is 6.62. The van der Waals surface area contributed by atoms with Gasteiger partial charge in [0.15, 0.2) is 0 Å². The van der Waals surface area contributed by atoms with E-state index in [1.165, 1.54) is 22.9 Å². The van der Waals surface area contributed by atoms with E-state index in [1.54, 1.807) is 18.5 Å². The van der Waals surface area contributed by atoms with Gasteiger partial charge in [0.25, 0.3) is 0 Å². The SMILES string of the molecule is CCC(CO)NC(=O)Nc1cc(F)ccc1-n1cccn1. The number of anilines is 1. The van der Waals surface area contributed by atoms with Crippen molar-refractivity contribution in [1.82, 2.24) is 15.1 Å². The van der Waals surface area contributed by atoms with E-state index in [-0.39, 0.29) is 12.6 Å². The minimum absolute atomic E-state index is 0.154. The molecule has 0 aliphatic heterocycles. The molecule has 2 rings (SSSR count). The van der Waals surface area contributed by atoms with Gasteiger partial charge in [0, 0.05) is 12.4 Å². The first kappa shape index (κ1) is 15.0. The molecular weight excluding hydrogens is 275 g/mol. The number of carbonyl (C=O) groups is 1. The molecule has 6 nitrogen and oxygen atoms in total. The van der Waals surface area contributed by atoms with Crippen molar-refractivity contribution in [2.45, 2.75) is 19.4 Å². The topological polar surface area (TPSA) is 79.2 Å². The Hall–Kier alpha value is -2.41. The van der Waals surface area contributed by atoms with Gasteiger partial charge in [-0.1, -0.05) is 6.92 Å². The predicted molar refractivity (Wildman–Crippen MR) is 76.8 cm³/mol. The number of aliphatic hydroxyl groups is 1. The summed E-state index contributed by atoms with van der Waals surface area (Å²) in [5.41, 5.74) is 0.845. The van der Waals surface area contributed by atoms with Gasteiger partial charge >= 0.3 is 6.03 Å². The average Bonchev–Trinajstić information content (AvgIpc) is 2.99. The van der Waals surface area contributed by atoms with Crippen LogP contribution < -0.4 is 10.6 Å². The summed E-state index contributed by atoms with van der Waals surface area (Å²) >= 11 is 0. The fourth-order valence-corrected chi connectivity index (χ4v) is 1.84. The third kappa shape index (κ3) is 3.79. The van der Waals surface area contributed by atoms with E-state index >= 15 is 0 Å². The molecule has 0 saturated carbocycles. The molecule has 112 valence electrons. The molecule has 1 aromatic heterocycles. The van der Waals surface area contributed by atoms with Crippen LogP contribution >= 0.6 is 0 Å². The number of aliphatic hydroxyl groups excluding tert-OH is 1. The molecule has 1 atom stereocenters. The Morgan fingerprint density at radius 1 is 1.52 bits per heavy atom. The van der Waals surface area contributed by atoms with Gasteiger partial charge in [0.05, 0.1) is 24.0 Å². The molecule has 0 spiro atoms. The summed E-state index contributed by atoms with van der Waals surface area (Å²) < 4.78 is 14.9. The molecule has 0 saturated heterocycles. The lowest BCUT2D eigenvalue weighted by Gasteiger charge is -2.16. The number of nitrogens with one attached hydrogen (secondary N) is 2. The van der Waals surface area contributed by atoms with Crippen LogP contribution in [0.5, 0.6) is 0 Å². The molecule has 2 aromatic rings. The van der Waals surface area contributed by atoms with Crippen LogP contribution in [0.2, 0.25) is 0 Å². The van der Waals surface area contributed by atoms with Crippen molar-refractivity contribution in [2.24, 2.45) is 0 Å². The highest BCUT2D eigenvalue weighted by molar-refractivity contribution is 5.91. The van der Waals surface area contributed by atoms with E-state index in [4.69, 9.17) is 5.11 Å². The number of carbonyl (C=O) groups excluding carboxylic acids is 1. The molecular formula is C14H17FN4O2. The number of amides is 2. The molecule has 1 unspecified atom stereocenters. The zero-order chi connectivity index (χ0) is 15.2. The molecule has 7 heteroatoms. The van der Waals surface area contributed by atoms with Crippen LogP contribution in [0.4, 0.5) is 14.9 Å². The van der Waals surface area contributed by atoms with Crippen LogP contribution in [0, 0.1) is 5.82 Å². The number of aromatic nitrogens is 2. The second-order valence-electron chi connectivity index (χ2n) is 4.50. The van der Waals surface area contributed by atoms with E-state index in [9.17, 15) is 9.18 Å². The first-order chi connectivity index (χ1) is 10.1. The quantitative estimate of drug-likeness (QED) is 0.787. The smallest absolute Gasteiger partial charge is 0.319 e. The van der Waals surface area contributed by atoms with Gasteiger partial charge in [0.1, 0.15) is 5.82 Å². The van der Waals surface area contributed by atoms with Crippen LogP contribution in [0.1, 0.15) is 13.3 Å².